The van der Waals surface area contributed by atoms with Gasteiger partial charge in [0.05, 0.1) is 0 Å². The Morgan fingerprint density at radius 2 is 2.06 bits per heavy atom. The van der Waals surface area contributed by atoms with Gasteiger partial charge in [-0.25, -0.2) is 4.98 Å². The van der Waals surface area contributed by atoms with Crippen molar-refractivity contribution in [1.82, 2.24) is 9.97 Å². The monoisotopic (exact) mass is 261 g/mol. The van der Waals surface area contributed by atoms with Crippen LogP contribution >= 0.6 is 11.8 Å². The zero-order valence-electron chi connectivity index (χ0n) is 10.8. The molecule has 18 heavy (non-hydrogen) atoms. The molecule has 96 valence electrons. The van der Waals surface area contributed by atoms with E-state index >= 15 is 0 Å². The predicted octanol–water partition coefficient (Wildman–Crippen LogP) is 3.15. The van der Waals surface area contributed by atoms with Crippen LogP contribution in [0.5, 0.6) is 0 Å². The van der Waals surface area contributed by atoms with Crippen LogP contribution in [0, 0.1) is 0 Å². The summed E-state index contributed by atoms with van der Waals surface area (Å²) in [5.41, 5.74) is 8.81. The molecule has 4 heteroatoms. The molecule has 0 aliphatic heterocycles. The summed E-state index contributed by atoms with van der Waals surface area (Å²) < 4.78 is 0. The molecule has 0 bridgehead atoms. The quantitative estimate of drug-likeness (QED) is 0.813. The lowest BCUT2D eigenvalue weighted by atomic mass is 10.0. The first-order valence-corrected chi connectivity index (χ1v) is 7.09. The smallest absolute Gasteiger partial charge is 0.165 e. The summed E-state index contributed by atoms with van der Waals surface area (Å²) in [5, 5.41) is 1.20. The average molecular weight is 261 g/mol. The molecule has 1 aromatic heterocycles. The molecular formula is C14H19N3S. The topological polar surface area (TPSA) is 54.7 Å². The molecule has 0 saturated carbocycles. The van der Waals surface area contributed by atoms with E-state index in [4.69, 9.17) is 5.73 Å². The number of benzene rings is 1. The van der Waals surface area contributed by atoms with E-state index in [2.05, 4.69) is 48.1 Å². The zero-order valence-corrected chi connectivity index (χ0v) is 11.6. The standard InChI is InChI=1S/C14H19N3S/c1-3-11-4-6-12(7-5-11)13(15)10(2)18-14-16-8-9-17-14/h4-10,13H,3,15H2,1-2H3,(H,16,17). The third kappa shape index (κ3) is 3.15. The highest BCUT2D eigenvalue weighted by molar-refractivity contribution is 7.99. The highest BCUT2D eigenvalue weighted by Gasteiger charge is 2.16. The normalized spacial score (nSPS) is 14.4. The van der Waals surface area contributed by atoms with Crippen molar-refractivity contribution in [2.45, 2.75) is 36.7 Å². The minimum atomic E-state index is 0.0195. The predicted molar refractivity (Wildman–Crippen MR) is 76.7 cm³/mol. The number of thioether (sulfide) groups is 1. The first-order valence-electron chi connectivity index (χ1n) is 6.21. The molecule has 0 aliphatic rings. The van der Waals surface area contributed by atoms with Gasteiger partial charge in [0.1, 0.15) is 0 Å². The van der Waals surface area contributed by atoms with Gasteiger partial charge < -0.3 is 10.7 Å². The van der Waals surface area contributed by atoms with E-state index in [1.807, 2.05) is 6.20 Å². The van der Waals surface area contributed by atoms with E-state index in [1.54, 1.807) is 18.0 Å². The van der Waals surface area contributed by atoms with Crippen molar-refractivity contribution in [2.75, 3.05) is 0 Å². The Labute approximate surface area is 112 Å². The Balaban J connectivity index is 2.02. The largest absolute Gasteiger partial charge is 0.340 e. The van der Waals surface area contributed by atoms with Crippen LogP contribution in [-0.4, -0.2) is 15.2 Å². The maximum Gasteiger partial charge on any atom is 0.165 e. The fraction of sp³-hybridized carbons (Fsp3) is 0.357. The first kappa shape index (κ1) is 13.2. The van der Waals surface area contributed by atoms with E-state index in [0.717, 1.165) is 11.6 Å². The number of hydrogen-bond acceptors (Lipinski definition) is 3. The number of nitrogens with two attached hydrogens (primary N) is 1. The van der Waals surface area contributed by atoms with Crippen molar-refractivity contribution in [3.05, 3.63) is 47.8 Å². The summed E-state index contributed by atoms with van der Waals surface area (Å²) in [4.78, 5) is 7.30. The Kier molecular flexibility index (Phi) is 4.44. The molecule has 1 aromatic carbocycles. The van der Waals surface area contributed by atoms with E-state index in [1.165, 1.54) is 11.1 Å². The molecule has 3 N–H and O–H groups in total. The molecule has 0 spiro atoms. The van der Waals surface area contributed by atoms with Crippen LogP contribution in [0.1, 0.15) is 31.0 Å². The van der Waals surface area contributed by atoms with Crippen molar-refractivity contribution >= 4 is 11.8 Å². The van der Waals surface area contributed by atoms with Crippen molar-refractivity contribution < 1.29 is 0 Å². The van der Waals surface area contributed by atoms with Crippen LogP contribution in [0.15, 0.2) is 41.8 Å². The number of H-pyrrole nitrogens is 1. The van der Waals surface area contributed by atoms with E-state index < -0.39 is 0 Å². The molecule has 2 unspecified atom stereocenters. The summed E-state index contributed by atoms with van der Waals surface area (Å²) in [7, 11) is 0. The molecule has 2 aromatic rings. The molecule has 2 rings (SSSR count). The Morgan fingerprint density at radius 1 is 1.33 bits per heavy atom. The summed E-state index contributed by atoms with van der Waals surface area (Å²) in [6.45, 7) is 4.29. The summed E-state index contributed by atoms with van der Waals surface area (Å²) in [5.74, 6) is 0. The fourth-order valence-electron chi connectivity index (χ4n) is 1.81. The maximum atomic E-state index is 6.28. The summed E-state index contributed by atoms with van der Waals surface area (Å²) in [6.07, 6.45) is 4.65. The number of nitrogens with zero attached hydrogens (tertiary/aromatic N) is 1. The average Bonchev–Trinajstić information content (AvgIpc) is 2.91. The zero-order chi connectivity index (χ0) is 13.0. The van der Waals surface area contributed by atoms with Crippen LogP contribution in [0.2, 0.25) is 0 Å². The lowest BCUT2D eigenvalue weighted by Gasteiger charge is -2.19. The van der Waals surface area contributed by atoms with Gasteiger partial charge in [0.2, 0.25) is 0 Å². The Morgan fingerprint density at radius 3 is 2.61 bits per heavy atom. The number of aromatic amines is 1. The van der Waals surface area contributed by atoms with Crippen molar-refractivity contribution in [3.63, 3.8) is 0 Å². The Bertz CT molecular complexity index is 464. The number of rotatable bonds is 5. The highest BCUT2D eigenvalue weighted by atomic mass is 32.2. The van der Waals surface area contributed by atoms with Crippen molar-refractivity contribution in [1.29, 1.82) is 0 Å². The number of aryl methyl sites for hydroxylation is 1. The minimum Gasteiger partial charge on any atom is -0.340 e. The van der Waals surface area contributed by atoms with Crippen molar-refractivity contribution in [2.24, 2.45) is 5.73 Å². The maximum absolute atomic E-state index is 6.28. The third-order valence-electron chi connectivity index (χ3n) is 3.05. The second kappa shape index (κ2) is 6.07. The molecule has 2 atom stereocenters. The number of hydrogen-bond donors (Lipinski definition) is 2. The van der Waals surface area contributed by atoms with Gasteiger partial charge in [-0.05, 0) is 17.5 Å². The molecule has 0 saturated heterocycles. The molecule has 0 fully saturated rings. The van der Waals surface area contributed by atoms with Gasteiger partial charge in [-0.2, -0.15) is 0 Å². The van der Waals surface area contributed by atoms with Gasteiger partial charge >= 0.3 is 0 Å². The second-order valence-corrected chi connectivity index (χ2v) is 5.70. The van der Waals surface area contributed by atoms with Crippen LogP contribution in [0.3, 0.4) is 0 Å². The van der Waals surface area contributed by atoms with Gasteiger partial charge in [-0.1, -0.05) is 49.9 Å². The van der Waals surface area contributed by atoms with Crippen LogP contribution in [-0.2, 0) is 6.42 Å². The molecule has 1 heterocycles. The van der Waals surface area contributed by atoms with Gasteiger partial charge in [0.15, 0.2) is 5.16 Å². The van der Waals surface area contributed by atoms with E-state index in [0.29, 0.717) is 0 Å². The molecular weight excluding hydrogens is 242 g/mol. The van der Waals surface area contributed by atoms with Gasteiger partial charge in [-0.3, -0.25) is 0 Å². The molecule has 0 amide bonds. The Hall–Kier alpha value is -1.26. The number of aromatic nitrogens is 2. The van der Waals surface area contributed by atoms with Gasteiger partial charge in [0, 0.05) is 23.7 Å². The van der Waals surface area contributed by atoms with Gasteiger partial charge in [-0.15, -0.1) is 0 Å². The number of imidazole rings is 1. The van der Waals surface area contributed by atoms with Gasteiger partial charge in [0.25, 0.3) is 0 Å². The fourth-order valence-corrected chi connectivity index (χ4v) is 2.72. The summed E-state index contributed by atoms with van der Waals surface area (Å²) >= 11 is 1.67. The highest BCUT2D eigenvalue weighted by Crippen LogP contribution is 2.28. The van der Waals surface area contributed by atoms with Crippen molar-refractivity contribution in [3.8, 4) is 0 Å². The summed E-state index contributed by atoms with van der Waals surface area (Å²) in [6, 6.07) is 8.58. The van der Waals surface area contributed by atoms with Crippen LogP contribution < -0.4 is 5.73 Å². The second-order valence-electron chi connectivity index (χ2n) is 4.34. The van der Waals surface area contributed by atoms with Crippen LogP contribution in [0.4, 0.5) is 0 Å². The SMILES string of the molecule is CCc1ccc(C(N)C(C)Sc2ncc[nH]2)cc1. The third-order valence-corrected chi connectivity index (χ3v) is 4.16. The lowest BCUT2D eigenvalue weighted by molar-refractivity contribution is 0.712. The van der Waals surface area contributed by atoms with E-state index in [-0.39, 0.29) is 11.3 Å². The first-order chi connectivity index (χ1) is 8.70. The van der Waals surface area contributed by atoms with Crippen LogP contribution in [0.25, 0.3) is 0 Å². The minimum absolute atomic E-state index is 0.0195. The lowest BCUT2D eigenvalue weighted by Crippen LogP contribution is -2.21. The number of nitrogens with one attached hydrogen (secondary N) is 1. The molecule has 0 aliphatic carbocycles. The van der Waals surface area contributed by atoms with E-state index in [9.17, 15) is 0 Å². The molecule has 0 radical (unpaired) electrons. The molecule has 3 nitrogen and oxygen atoms in total.